The predicted molar refractivity (Wildman–Crippen MR) is 86.9 cm³/mol. The monoisotopic (exact) mass is 283 g/mol. The van der Waals surface area contributed by atoms with Crippen molar-refractivity contribution in [3.63, 3.8) is 0 Å². The first-order valence-corrected chi connectivity index (χ1v) is 7.67. The Bertz CT molecular complexity index is 760. The van der Waals surface area contributed by atoms with Crippen LogP contribution in [0.4, 0.5) is 5.69 Å². The van der Waals surface area contributed by atoms with Gasteiger partial charge in [-0.05, 0) is 55.9 Å². The second kappa shape index (κ2) is 5.14. The molecule has 0 radical (unpaired) electrons. The van der Waals surface area contributed by atoms with Crippen LogP contribution in [0.3, 0.4) is 0 Å². The van der Waals surface area contributed by atoms with Crippen LogP contribution in [0.15, 0.2) is 21.7 Å². The Hall–Kier alpha value is -1.90. The molecule has 0 bridgehead atoms. The van der Waals surface area contributed by atoms with Gasteiger partial charge in [-0.1, -0.05) is 25.0 Å². The first kappa shape index (κ1) is 14.1. The molecular weight excluding hydrogens is 262 g/mol. The summed E-state index contributed by atoms with van der Waals surface area (Å²) >= 11 is 0. The normalized spacial score (nSPS) is 15.8. The Morgan fingerprint density at radius 1 is 0.905 bits per heavy atom. The first-order chi connectivity index (χ1) is 9.99. The summed E-state index contributed by atoms with van der Waals surface area (Å²) in [6, 6.07) is 4.46. The van der Waals surface area contributed by atoms with E-state index in [9.17, 15) is 9.59 Å². The van der Waals surface area contributed by atoms with Crippen molar-refractivity contribution in [2.45, 2.75) is 52.5 Å². The lowest BCUT2D eigenvalue weighted by Gasteiger charge is -2.19. The quantitative estimate of drug-likeness (QED) is 0.880. The van der Waals surface area contributed by atoms with E-state index in [1.54, 1.807) is 0 Å². The number of aryl methyl sites for hydroxylation is 3. The minimum atomic E-state index is -0.352. The van der Waals surface area contributed by atoms with Gasteiger partial charge in [0.15, 0.2) is 0 Å². The average molecular weight is 283 g/mol. The second-order valence-electron chi connectivity index (χ2n) is 6.29. The van der Waals surface area contributed by atoms with Crippen molar-refractivity contribution in [2.24, 2.45) is 0 Å². The van der Waals surface area contributed by atoms with Gasteiger partial charge in [-0.2, -0.15) is 0 Å². The Kier molecular flexibility index (Phi) is 3.44. The molecule has 2 aromatic carbocycles. The molecule has 0 amide bonds. The van der Waals surface area contributed by atoms with Crippen LogP contribution in [0.25, 0.3) is 11.1 Å². The van der Waals surface area contributed by atoms with Crippen LogP contribution in [0.5, 0.6) is 0 Å². The number of benzene rings is 1. The van der Waals surface area contributed by atoms with Crippen LogP contribution < -0.4 is 16.2 Å². The third-order valence-corrected chi connectivity index (χ3v) is 4.72. The van der Waals surface area contributed by atoms with Crippen LogP contribution >= 0.6 is 0 Å². The topological polar surface area (TPSA) is 46.2 Å². The van der Waals surface area contributed by atoms with E-state index in [4.69, 9.17) is 0 Å². The number of nitrogens with one attached hydrogen (secondary N) is 1. The molecule has 110 valence electrons. The molecule has 1 aliphatic rings. The molecular formula is C18H21NO2. The van der Waals surface area contributed by atoms with Gasteiger partial charge >= 0.3 is 0 Å². The molecule has 1 aliphatic carbocycles. The molecule has 0 aromatic heterocycles. The number of rotatable bonds is 3. The van der Waals surface area contributed by atoms with E-state index >= 15 is 0 Å². The molecule has 0 spiro atoms. The fourth-order valence-corrected chi connectivity index (χ4v) is 3.29. The molecule has 3 nitrogen and oxygen atoms in total. The number of anilines is 1. The Labute approximate surface area is 124 Å². The summed E-state index contributed by atoms with van der Waals surface area (Å²) in [5.41, 5.74) is 4.75. The molecule has 2 aromatic rings. The van der Waals surface area contributed by atoms with E-state index in [0.29, 0.717) is 17.3 Å². The highest BCUT2D eigenvalue weighted by atomic mass is 16.2. The maximum Gasteiger partial charge on any atom is 0.250 e. The van der Waals surface area contributed by atoms with Gasteiger partial charge in [-0.15, -0.1) is 0 Å². The lowest BCUT2D eigenvalue weighted by atomic mass is 9.91. The zero-order valence-electron chi connectivity index (χ0n) is 12.9. The van der Waals surface area contributed by atoms with Gasteiger partial charge in [0.1, 0.15) is 0 Å². The molecule has 1 fully saturated rings. The van der Waals surface area contributed by atoms with E-state index in [1.807, 2.05) is 19.9 Å². The molecule has 1 N–H and O–H groups in total. The Morgan fingerprint density at radius 2 is 1.52 bits per heavy atom. The van der Waals surface area contributed by atoms with Gasteiger partial charge in [-0.25, -0.2) is 0 Å². The molecule has 0 saturated heterocycles. The van der Waals surface area contributed by atoms with Crippen molar-refractivity contribution in [2.75, 3.05) is 5.32 Å². The fourth-order valence-electron chi connectivity index (χ4n) is 3.29. The smallest absolute Gasteiger partial charge is 0.250 e. The van der Waals surface area contributed by atoms with Crippen LogP contribution in [0.2, 0.25) is 0 Å². The SMILES string of the molecule is Cc1cc(C)c(-c2c(NC3CCCC3)c(=O)c2=O)cc1C. The van der Waals surface area contributed by atoms with Crippen LogP contribution in [0.1, 0.15) is 42.4 Å². The largest absolute Gasteiger partial charge is 0.378 e. The van der Waals surface area contributed by atoms with E-state index in [2.05, 4.69) is 18.3 Å². The third kappa shape index (κ3) is 2.31. The van der Waals surface area contributed by atoms with Gasteiger partial charge in [0, 0.05) is 6.04 Å². The van der Waals surface area contributed by atoms with E-state index < -0.39 is 0 Å². The van der Waals surface area contributed by atoms with Crippen molar-refractivity contribution in [3.05, 3.63) is 49.3 Å². The molecule has 0 atom stereocenters. The Morgan fingerprint density at radius 3 is 2.19 bits per heavy atom. The Balaban J connectivity index is 2.03. The summed E-state index contributed by atoms with van der Waals surface area (Å²) in [7, 11) is 0. The highest BCUT2D eigenvalue weighted by Crippen LogP contribution is 2.31. The molecule has 0 aliphatic heterocycles. The third-order valence-electron chi connectivity index (χ3n) is 4.72. The van der Waals surface area contributed by atoms with Crippen molar-refractivity contribution < 1.29 is 0 Å². The molecule has 3 heteroatoms. The van der Waals surface area contributed by atoms with Crippen molar-refractivity contribution >= 4 is 5.69 Å². The maximum atomic E-state index is 12.0. The summed E-state index contributed by atoms with van der Waals surface area (Å²) in [4.78, 5) is 24.0. The number of hydrogen-bond acceptors (Lipinski definition) is 3. The van der Waals surface area contributed by atoms with E-state index in [1.165, 1.54) is 18.4 Å². The first-order valence-electron chi connectivity index (χ1n) is 7.67. The van der Waals surface area contributed by atoms with Crippen LogP contribution in [0, 0.1) is 20.8 Å². The van der Waals surface area contributed by atoms with Crippen LogP contribution in [-0.2, 0) is 0 Å². The van der Waals surface area contributed by atoms with E-state index in [-0.39, 0.29) is 10.9 Å². The highest BCUT2D eigenvalue weighted by molar-refractivity contribution is 5.84. The molecule has 21 heavy (non-hydrogen) atoms. The predicted octanol–water partition coefficient (Wildman–Crippen LogP) is 3.23. The average Bonchev–Trinajstić information content (AvgIpc) is 2.96. The van der Waals surface area contributed by atoms with Gasteiger partial charge in [0.2, 0.25) is 10.9 Å². The minimum absolute atomic E-state index is 0.346. The lowest BCUT2D eigenvalue weighted by molar-refractivity contribution is 0.753. The summed E-state index contributed by atoms with van der Waals surface area (Å²) in [6.07, 6.45) is 4.57. The number of hydrogen-bond donors (Lipinski definition) is 1. The van der Waals surface area contributed by atoms with Crippen molar-refractivity contribution in [1.82, 2.24) is 0 Å². The molecule has 0 unspecified atom stereocenters. The highest BCUT2D eigenvalue weighted by Gasteiger charge is 2.26. The summed E-state index contributed by atoms with van der Waals surface area (Å²) < 4.78 is 0. The van der Waals surface area contributed by atoms with Gasteiger partial charge in [-0.3, -0.25) is 9.59 Å². The van der Waals surface area contributed by atoms with Gasteiger partial charge in [0.25, 0.3) is 0 Å². The van der Waals surface area contributed by atoms with Crippen LogP contribution in [-0.4, -0.2) is 6.04 Å². The maximum absolute atomic E-state index is 12.0. The van der Waals surface area contributed by atoms with Gasteiger partial charge in [0.05, 0.1) is 11.3 Å². The zero-order valence-corrected chi connectivity index (χ0v) is 12.9. The summed E-state index contributed by atoms with van der Waals surface area (Å²) in [6.45, 7) is 6.10. The molecule has 3 rings (SSSR count). The second-order valence-corrected chi connectivity index (χ2v) is 6.29. The standard InChI is InChI=1S/C18H21NO2/c1-10-8-12(3)14(9-11(10)2)15-16(18(21)17(15)20)19-13-6-4-5-7-13/h8-9,13,19H,4-7H2,1-3H3. The minimum Gasteiger partial charge on any atom is -0.378 e. The fraction of sp³-hybridized carbons (Fsp3) is 0.444. The summed E-state index contributed by atoms with van der Waals surface area (Å²) in [5.74, 6) is 0. The molecule has 1 saturated carbocycles. The van der Waals surface area contributed by atoms with E-state index in [0.717, 1.165) is 29.5 Å². The van der Waals surface area contributed by atoms with Gasteiger partial charge < -0.3 is 5.32 Å². The molecule has 0 heterocycles. The summed E-state index contributed by atoms with van der Waals surface area (Å²) in [5, 5.41) is 3.31. The lowest BCUT2D eigenvalue weighted by Crippen LogP contribution is -2.38. The van der Waals surface area contributed by atoms with Crippen molar-refractivity contribution in [1.29, 1.82) is 0 Å². The zero-order chi connectivity index (χ0) is 15.1. The van der Waals surface area contributed by atoms with Crippen molar-refractivity contribution in [3.8, 4) is 11.1 Å².